The summed E-state index contributed by atoms with van der Waals surface area (Å²) in [6.45, 7) is 12.2. The van der Waals surface area contributed by atoms with Crippen LogP contribution in [0.5, 0.6) is 0 Å². The molecule has 0 bridgehead atoms. The summed E-state index contributed by atoms with van der Waals surface area (Å²) < 4.78 is 27.3. The number of aliphatic hydroxyl groups is 4. The number of rotatable bonds is 19. The zero-order chi connectivity index (χ0) is 31.0. The minimum absolute atomic E-state index is 0.0384. The number of aliphatic hydroxyl groups excluding tert-OH is 4. The lowest BCUT2D eigenvalue weighted by Gasteiger charge is -2.39. The fourth-order valence-corrected chi connectivity index (χ4v) is 5.27. The molecule has 0 aliphatic carbocycles. The molecule has 0 aromatic heterocycles. The predicted molar refractivity (Wildman–Crippen MR) is 162 cm³/mol. The van der Waals surface area contributed by atoms with Crippen LogP contribution in [0.3, 0.4) is 0 Å². The molecule has 0 saturated carbocycles. The molecule has 0 radical (unpaired) electrons. The van der Waals surface area contributed by atoms with Gasteiger partial charge in [0.2, 0.25) is 0 Å². The second-order valence-corrected chi connectivity index (χ2v) is 13.0. The van der Waals surface area contributed by atoms with Gasteiger partial charge >= 0.3 is 7.82 Å². The first-order valence-electron chi connectivity index (χ1n) is 14.8. The van der Waals surface area contributed by atoms with Crippen molar-refractivity contribution in [3.63, 3.8) is 0 Å². The van der Waals surface area contributed by atoms with Gasteiger partial charge in [0.25, 0.3) is 0 Å². The topological polar surface area (TPSA) is 146 Å². The molecule has 0 aromatic rings. The second kappa shape index (κ2) is 19.9. The van der Waals surface area contributed by atoms with Gasteiger partial charge in [0.1, 0.15) is 24.4 Å². The Morgan fingerprint density at radius 2 is 1.32 bits per heavy atom. The number of hydrogen-bond acceptors (Lipinski definition) is 8. The molecule has 0 aromatic carbocycles. The van der Waals surface area contributed by atoms with E-state index in [2.05, 4.69) is 58.9 Å². The quantitative estimate of drug-likeness (QED) is 0.0905. The van der Waals surface area contributed by atoms with Crippen LogP contribution in [0.4, 0.5) is 0 Å². The van der Waals surface area contributed by atoms with Gasteiger partial charge in [-0.3, -0.25) is 9.05 Å². The monoisotopic (exact) mass is 602 g/mol. The Hall–Kier alpha value is -1.13. The summed E-state index contributed by atoms with van der Waals surface area (Å²) in [6, 6.07) is 0. The highest BCUT2D eigenvalue weighted by molar-refractivity contribution is 7.47. The Morgan fingerprint density at radius 3 is 1.83 bits per heavy atom. The molecular formula is C31H55O9P. The highest BCUT2D eigenvalue weighted by atomic mass is 31.2. The van der Waals surface area contributed by atoms with E-state index in [9.17, 15) is 29.9 Å². The van der Waals surface area contributed by atoms with Crippen LogP contribution in [-0.4, -0.2) is 69.2 Å². The average Bonchev–Trinajstić information content (AvgIpc) is 2.88. The predicted octanol–water partition coefficient (Wildman–Crippen LogP) is 5.87. The van der Waals surface area contributed by atoms with Gasteiger partial charge in [-0.25, -0.2) is 4.57 Å². The zero-order valence-corrected chi connectivity index (χ0v) is 26.8. The van der Waals surface area contributed by atoms with Crippen molar-refractivity contribution in [3.05, 3.63) is 46.6 Å². The minimum Gasteiger partial charge on any atom is -0.394 e. The number of allylic oxidation sites excluding steroid dienone is 8. The van der Waals surface area contributed by atoms with E-state index in [4.69, 9.17) is 13.8 Å². The molecule has 1 aliphatic heterocycles. The largest absolute Gasteiger partial charge is 0.474 e. The molecular weight excluding hydrogens is 547 g/mol. The van der Waals surface area contributed by atoms with Gasteiger partial charge in [0.15, 0.2) is 6.29 Å². The lowest BCUT2D eigenvalue weighted by atomic mass is 10.00. The lowest BCUT2D eigenvalue weighted by molar-refractivity contribution is -0.281. The fraction of sp³-hybridized carbons (Fsp3) is 0.742. The third kappa shape index (κ3) is 16.3. The Labute approximate surface area is 247 Å². The standard InChI is InChI=1S/C31H55O9P/c1-22(2)11-7-12-23(3)13-8-14-24(4)15-9-16-25(5)17-10-18-26(6)19-20-38-41(36,37)40-31-30(35)29(34)28(33)27(21-32)39-31/h11,13,15,17,26-35H,7-10,12,14,16,18-21H2,1-6H3,(H,36,37)/b23-13+,24-15+,25-17-/t26?,27-,28-,29+,30-,31+/m1/s1. The van der Waals surface area contributed by atoms with Crippen LogP contribution >= 0.6 is 7.82 Å². The highest BCUT2D eigenvalue weighted by Crippen LogP contribution is 2.46. The fourth-order valence-electron chi connectivity index (χ4n) is 4.43. The third-order valence-electron chi connectivity index (χ3n) is 7.26. The van der Waals surface area contributed by atoms with Gasteiger partial charge in [0, 0.05) is 0 Å². The van der Waals surface area contributed by atoms with Crippen molar-refractivity contribution < 1.29 is 43.7 Å². The summed E-state index contributed by atoms with van der Waals surface area (Å²) in [5.41, 5.74) is 5.61. The Morgan fingerprint density at radius 1 is 0.805 bits per heavy atom. The number of ether oxygens (including phenoxy) is 1. The lowest BCUT2D eigenvalue weighted by Crippen LogP contribution is -2.58. The van der Waals surface area contributed by atoms with Crippen LogP contribution in [-0.2, 0) is 18.3 Å². The Kier molecular flexibility index (Phi) is 18.4. The van der Waals surface area contributed by atoms with E-state index in [1.807, 2.05) is 6.92 Å². The van der Waals surface area contributed by atoms with E-state index in [0.717, 1.165) is 51.4 Å². The SMILES string of the molecule is CC(C)=CCC/C(C)=C/CC/C(C)=C/CC/C(C)=C\CCC(C)CCOP(=O)(O)O[C@@H]1O[C@H](CO)[C@@H](O)[C@H](O)[C@H]1O. The van der Waals surface area contributed by atoms with Gasteiger partial charge in [-0.05, 0) is 98.3 Å². The zero-order valence-electron chi connectivity index (χ0n) is 25.9. The van der Waals surface area contributed by atoms with Gasteiger partial charge in [-0.1, -0.05) is 53.5 Å². The molecule has 238 valence electrons. The van der Waals surface area contributed by atoms with Gasteiger partial charge in [0.05, 0.1) is 13.2 Å². The molecule has 0 spiro atoms. The van der Waals surface area contributed by atoms with E-state index >= 15 is 0 Å². The molecule has 1 rings (SSSR count). The van der Waals surface area contributed by atoms with Crippen LogP contribution in [0.15, 0.2) is 46.6 Å². The highest BCUT2D eigenvalue weighted by Gasteiger charge is 2.46. The summed E-state index contributed by atoms with van der Waals surface area (Å²) in [4.78, 5) is 9.99. The maximum absolute atomic E-state index is 12.3. The third-order valence-corrected chi connectivity index (χ3v) is 8.24. The van der Waals surface area contributed by atoms with Crippen molar-refractivity contribution in [1.82, 2.24) is 0 Å². The van der Waals surface area contributed by atoms with Crippen molar-refractivity contribution >= 4 is 7.82 Å². The first kappa shape index (κ1) is 37.9. The van der Waals surface area contributed by atoms with Crippen molar-refractivity contribution in [2.24, 2.45) is 5.92 Å². The van der Waals surface area contributed by atoms with Gasteiger partial charge < -0.3 is 30.1 Å². The molecule has 1 fully saturated rings. The van der Waals surface area contributed by atoms with E-state index in [-0.39, 0.29) is 12.5 Å². The first-order valence-corrected chi connectivity index (χ1v) is 16.3. The molecule has 5 N–H and O–H groups in total. The molecule has 1 aliphatic rings. The van der Waals surface area contributed by atoms with E-state index in [0.29, 0.717) is 6.42 Å². The van der Waals surface area contributed by atoms with Crippen LogP contribution in [0.2, 0.25) is 0 Å². The summed E-state index contributed by atoms with van der Waals surface area (Å²) >= 11 is 0. The maximum atomic E-state index is 12.3. The summed E-state index contributed by atoms with van der Waals surface area (Å²) in [5, 5.41) is 38.8. The number of phosphoric ester groups is 1. The van der Waals surface area contributed by atoms with Crippen molar-refractivity contribution in [3.8, 4) is 0 Å². The average molecular weight is 603 g/mol. The van der Waals surface area contributed by atoms with Crippen molar-refractivity contribution in [2.45, 2.75) is 130 Å². The molecule has 41 heavy (non-hydrogen) atoms. The van der Waals surface area contributed by atoms with Gasteiger partial charge in [-0.2, -0.15) is 0 Å². The molecule has 9 nitrogen and oxygen atoms in total. The second-order valence-electron chi connectivity index (χ2n) is 11.6. The Bertz CT molecular complexity index is 921. The Balaban J connectivity index is 2.29. The molecule has 1 heterocycles. The molecule has 7 atom stereocenters. The summed E-state index contributed by atoms with van der Waals surface area (Å²) in [7, 11) is -4.60. The molecule has 0 amide bonds. The molecule has 10 heteroatoms. The van der Waals surface area contributed by atoms with Gasteiger partial charge in [-0.15, -0.1) is 0 Å². The van der Waals surface area contributed by atoms with E-state index < -0.39 is 45.1 Å². The minimum atomic E-state index is -4.60. The summed E-state index contributed by atoms with van der Waals surface area (Å²) in [5.74, 6) is 0.243. The number of hydrogen-bond donors (Lipinski definition) is 5. The van der Waals surface area contributed by atoms with Crippen LogP contribution in [0.1, 0.15) is 99.3 Å². The molecule has 2 unspecified atom stereocenters. The van der Waals surface area contributed by atoms with Crippen LogP contribution < -0.4 is 0 Å². The van der Waals surface area contributed by atoms with E-state index in [1.54, 1.807) is 0 Å². The maximum Gasteiger partial charge on any atom is 0.474 e. The van der Waals surface area contributed by atoms with E-state index in [1.165, 1.54) is 22.3 Å². The molecule has 1 saturated heterocycles. The normalized spacial score (nSPS) is 26.5. The van der Waals surface area contributed by atoms with Crippen molar-refractivity contribution in [2.75, 3.05) is 13.2 Å². The first-order chi connectivity index (χ1) is 19.3. The van der Waals surface area contributed by atoms with Crippen LogP contribution in [0.25, 0.3) is 0 Å². The number of phosphoric acid groups is 1. The summed E-state index contributed by atoms with van der Waals surface area (Å²) in [6.07, 6.45) is 10.0. The smallest absolute Gasteiger partial charge is 0.394 e. The van der Waals surface area contributed by atoms with Crippen LogP contribution in [0, 0.1) is 5.92 Å². The van der Waals surface area contributed by atoms with Crippen molar-refractivity contribution in [1.29, 1.82) is 0 Å².